The molecule has 2 aromatic carbocycles. The van der Waals surface area contributed by atoms with E-state index in [0.29, 0.717) is 15.9 Å². The van der Waals surface area contributed by atoms with Crippen LogP contribution in [0.1, 0.15) is 55.7 Å². The summed E-state index contributed by atoms with van der Waals surface area (Å²) in [6.45, 7) is 6.23. The third kappa shape index (κ3) is 5.01. The average molecular weight is 544 g/mol. The van der Waals surface area contributed by atoms with Crippen LogP contribution in [0.3, 0.4) is 0 Å². The zero-order valence-corrected chi connectivity index (χ0v) is 22.8. The number of amides is 2. The number of hydrogen-bond donors (Lipinski definition) is 1. The molecule has 0 radical (unpaired) electrons. The minimum Gasteiger partial charge on any atom is -0.352 e. The van der Waals surface area contributed by atoms with Gasteiger partial charge in [-0.2, -0.15) is 5.10 Å². The van der Waals surface area contributed by atoms with Gasteiger partial charge in [-0.25, -0.2) is 4.68 Å². The Labute approximate surface area is 225 Å². The first-order valence-electron chi connectivity index (χ1n) is 12.0. The first kappa shape index (κ1) is 25.2. The lowest BCUT2D eigenvalue weighted by Gasteiger charge is -2.25. The van der Waals surface area contributed by atoms with Crippen LogP contribution >= 0.6 is 35.0 Å². The summed E-state index contributed by atoms with van der Waals surface area (Å²) < 4.78 is 1.76. The molecular weight excluding hydrogens is 515 g/mol. The van der Waals surface area contributed by atoms with Gasteiger partial charge in [0, 0.05) is 27.1 Å². The van der Waals surface area contributed by atoms with Crippen LogP contribution in [0.2, 0.25) is 10.0 Å². The summed E-state index contributed by atoms with van der Waals surface area (Å²) in [4.78, 5) is 28.2. The van der Waals surface area contributed by atoms with Crippen LogP contribution in [-0.2, 0) is 15.0 Å². The lowest BCUT2D eigenvalue weighted by Crippen LogP contribution is -2.43. The van der Waals surface area contributed by atoms with Gasteiger partial charge in [0.05, 0.1) is 22.4 Å². The summed E-state index contributed by atoms with van der Waals surface area (Å²) in [5, 5.41) is 9.03. The number of carbonyl (C=O) groups is 2. The lowest BCUT2D eigenvalue weighted by atomic mass is 9.87. The number of benzene rings is 2. The molecule has 1 N–H and O–H groups in total. The minimum atomic E-state index is -0.344. The molecule has 0 saturated heterocycles. The van der Waals surface area contributed by atoms with Crippen LogP contribution < -0.4 is 10.2 Å². The van der Waals surface area contributed by atoms with Gasteiger partial charge in [-0.1, -0.05) is 68.2 Å². The molecule has 1 fully saturated rings. The lowest BCUT2D eigenvalue weighted by molar-refractivity contribution is -0.123. The van der Waals surface area contributed by atoms with E-state index in [1.54, 1.807) is 15.6 Å². The molecule has 1 atom stereocenters. The number of fused-ring (bicyclic) bond motifs is 1. The molecule has 1 aromatic heterocycles. The molecule has 1 aliphatic carbocycles. The Morgan fingerprint density at radius 1 is 1.14 bits per heavy atom. The zero-order valence-electron chi connectivity index (χ0n) is 20.4. The van der Waals surface area contributed by atoms with Gasteiger partial charge in [-0.15, -0.1) is 11.8 Å². The summed E-state index contributed by atoms with van der Waals surface area (Å²) in [6, 6.07) is 15.3. The molecule has 2 amide bonds. The molecule has 9 heteroatoms. The molecule has 5 rings (SSSR count). The van der Waals surface area contributed by atoms with E-state index in [2.05, 4.69) is 26.1 Å². The second-order valence-corrected chi connectivity index (χ2v) is 12.2. The van der Waals surface area contributed by atoms with E-state index in [4.69, 9.17) is 28.3 Å². The maximum atomic E-state index is 13.6. The fourth-order valence-corrected chi connectivity index (χ4v) is 6.17. The highest BCUT2D eigenvalue weighted by Gasteiger charge is 2.40. The van der Waals surface area contributed by atoms with Crippen LogP contribution in [0.5, 0.6) is 0 Å². The molecule has 0 bridgehead atoms. The van der Waals surface area contributed by atoms with Gasteiger partial charge in [-0.05, 0) is 42.7 Å². The maximum Gasteiger partial charge on any atom is 0.240 e. The Hall–Kier alpha value is -2.48. The molecule has 2 heterocycles. The van der Waals surface area contributed by atoms with E-state index in [9.17, 15) is 9.59 Å². The fraction of sp³-hybridized carbons (Fsp3) is 0.370. The third-order valence-corrected chi connectivity index (χ3v) is 8.10. The summed E-state index contributed by atoms with van der Waals surface area (Å²) in [6.07, 6.45) is 1.95. The number of hydrogen-bond acceptors (Lipinski definition) is 4. The van der Waals surface area contributed by atoms with Crippen molar-refractivity contribution >= 4 is 52.6 Å². The number of carbonyl (C=O) groups excluding carboxylic acids is 2. The van der Waals surface area contributed by atoms with Crippen molar-refractivity contribution in [3.63, 3.8) is 0 Å². The molecule has 3 aromatic rings. The number of halogens is 2. The van der Waals surface area contributed by atoms with Crippen LogP contribution in [0.25, 0.3) is 5.69 Å². The summed E-state index contributed by atoms with van der Waals surface area (Å²) in [7, 11) is 0. The van der Waals surface area contributed by atoms with Gasteiger partial charge < -0.3 is 5.32 Å². The second-order valence-electron chi connectivity index (χ2n) is 10.3. The zero-order chi connectivity index (χ0) is 25.6. The minimum absolute atomic E-state index is 0.0754. The van der Waals surface area contributed by atoms with Crippen molar-refractivity contribution in [1.29, 1.82) is 0 Å². The smallest absolute Gasteiger partial charge is 0.240 e. The van der Waals surface area contributed by atoms with Crippen molar-refractivity contribution in [1.82, 2.24) is 15.1 Å². The summed E-state index contributed by atoms with van der Waals surface area (Å²) >= 11 is 14.6. The van der Waals surface area contributed by atoms with Crippen molar-refractivity contribution in [3.05, 3.63) is 75.4 Å². The number of rotatable bonds is 5. The number of anilines is 1. The van der Waals surface area contributed by atoms with Crippen molar-refractivity contribution in [2.24, 2.45) is 0 Å². The van der Waals surface area contributed by atoms with Crippen LogP contribution in [-0.4, -0.2) is 39.9 Å². The van der Waals surface area contributed by atoms with E-state index < -0.39 is 0 Å². The number of nitrogens with zero attached hydrogens (tertiary/aromatic N) is 3. The van der Waals surface area contributed by atoms with Gasteiger partial charge in [0.1, 0.15) is 12.4 Å². The number of nitrogens with one attached hydrogen (secondary N) is 1. The van der Waals surface area contributed by atoms with Crippen molar-refractivity contribution in [2.75, 3.05) is 17.2 Å². The molecule has 188 valence electrons. The monoisotopic (exact) mass is 542 g/mol. The third-order valence-electron chi connectivity index (χ3n) is 6.28. The van der Waals surface area contributed by atoms with Crippen molar-refractivity contribution < 1.29 is 9.59 Å². The van der Waals surface area contributed by atoms with E-state index in [0.717, 1.165) is 35.3 Å². The molecule has 1 aliphatic heterocycles. The summed E-state index contributed by atoms with van der Waals surface area (Å²) in [5.41, 5.74) is 3.03. The molecule has 1 saturated carbocycles. The van der Waals surface area contributed by atoms with Gasteiger partial charge in [-0.3, -0.25) is 14.5 Å². The van der Waals surface area contributed by atoms with E-state index in [-0.39, 0.29) is 40.8 Å². The highest BCUT2D eigenvalue weighted by Crippen LogP contribution is 2.49. The van der Waals surface area contributed by atoms with E-state index in [1.165, 1.54) is 11.8 Å². The largest absolute Gasteiger partial charge is 0.352 e. The Bertz CT molecular complexity index is 1330. The molecule has 6 nitrogen and oxygen atoms in total. The topological polar surface area (TPSA) is 67.2 Å². The Kier molecular flexibility index (Phi) is 6.83. The molecule has 0 spiro atoms. The predicted molar refractivity (Wildman–Crippen MR) is 147 cm³/mol. The van der Waals surface area contributed by atoms with Crippen LogP contribution in [0.15, 0.2) is 48.5 Å². The first-order valence-corrected chi connectivity index (χ1v) is 13.8. The van der Waals surface area contributed by atoms with Gasteiger partial charge in [0.2, 0.25) is 11.8 Å². The fourth-order valence-electron chi connectivity index (χ4n) is 4.44. The van der Waals surface area contributed by atoms with E-state index in [1.807, 2.05) is 42.5 Å². The molecule has 2 aliphatic rings. The standard InChI is InChI=1S/C27H28Cl2N4O2S/c1-27(2,3)25-23-24(19-9-4-5-10-20(19)29)36-15-22(35)32(14-21(34)30-17-11-12-17)26(23)33(31-25)18-8-6-7-16(28)13-18/h4-10,13,17,24H,11-12,14-15H2,1-3H3,(H,30,34). The quantitative estimate of drug-likeness (QED) is 0.434. The average Bonchev–Trinajstić information content (AvgIpc) is 3.56. The van der Waals surface area contributed by atoms with Crippen LogP contribution in [0, 0.1) is 0 Å². The van der Waals surface area contributed by atoms with Gasteiger partial charge in [0.15, 0.2) is 0 Å². The molecule has 36 heavy (non-hydrogen) atoms. The Balaban J connectivity index is 1.76. The van der Waals surface area contributed by atoms with Crippen molar-refractivity contribution in [3.8, 4) is 5.69 Å². The number of aromatic nitrogens is 2. The first-order chi connectivity index (χ1) is 17.1. The Morgan fingerprint density at radius 2 is 1.89 bits per heavy atom. The van der Waals surface area contributed by atoms with Crippen LogP contribution in [0.4, 0.5) is 5.82 Å². The van der Waals surface area contributed by atoms with Gasteiger partial charge in [0.25, 0.3) is 0 Å². The maximum absolute atomic E-state index is 13.6. The summed E-state index contributed by atoms with van der Waals surface area (Å²) in [5.74, 6) is 0.480. The predicted octanol–water partition coefficient (Wildman–Crippen LogP) is 5.92. The second kappa shape index (κ2) is 9.77. The number of thioether (sulfide) groups is 1. The SMILES string of the molecule is CC(C)(C)c1nn(-c2cccc(Cl)c2)c2c1C(c1ccccc1Cl)SCC(=O)N2CC(=O)NC1CC1. The molecule has 1 unspecified atom stereocenters. The van der Waals surface area contributed by atoms with Crippen molar-refractivity contribution in [2.45, 2.75) is 50.3 Å². The van der Waals surface area contributed by atoms with Gasteiger partial charge >= 0.3 is 0 Å². The highest BCUT2D eigenvalue weighted by atomic mass is 35.5. The highest BCUT2D eigenvalue weighted by molar-refractivity contribution is 8.00. The Morgan fingerprint density at radius 3 is 2.56 bits per heavy atom. The normalized spacial score (nSPS) is 18.1. The molecular formula is C27H28Cl2N4O2S. The van der Waals surface area contributed by atoms with E-state index >= 15 is 0 Å².